The fraction of sp³-hybridized carbons (Fsp3) is 0.318. The standard InChI is InChI=1S/C22H24F2N4O2/c1-30-11-10-27-6-8-28(9-7-27)21-5-3-16(13-19(21)24)25-14-18-17-12-15(23)2-4-20(17)26-22(18)29/h2-5,12-14,25H,6-11H2,1H3,(H,26,29)/b18-14+. The molecule has 2 aromatic carbocycles. The highest BCUT2D eigenvalue weighted by Gasteiger charge is 2.24. The third kappa shape index (κ3) is 4.29. The highest BCUT2D eigenvalue weighted by molar-refractivity contribution is 6.31. The van der Waals surface area contributed by atoms with Crippen molar-refractivity contribution in [2.75, 3.05) is 62.0 Å². The molecular weight excluding hydrogens is 390 g/mol. The van der Waals surface area contributed by atoms with Gasteiger partial charge in [0.15, 0.2) is 0 Å². The molecule has 1 fully saturated rings. The van der Waals surface area contributed by atoms with Crippen LogP contribution in [0, 0.1) is 11.6 Å². The number of amides is 1. The van der Waals surface area contributed by atoms with Crippen molar-refractivity contribution in [1.82, 2.24) is 4.90 Å². The molecule has 30 heavy (non-hydrogen) atoms. The van der Waals surface area contributed by atoms with Gasteiger partial charge in [0.2, 0.25) is 0 Å². The minimum Gasteiger partial charge on any atom is -0.383 e. The molecule has 0 aromatic heterocycles. The largest absolute Gasteiger partial charge is 0.383 e. The molecule has 0 aliphatic carbocycles. The topological polar surface area (TPSA) is 56.8 Å². The molecule has 2 N–H and O–H groups in total. The number of ether oxygens (including phenoxy) is 1. The van der Waals surface area contributed by atoms with Crippen molar-refractivity contribution >= 4 is 28.5 Å². The molecule has 1 saturated heterocycles. The lowest BCUT2D eigenvalue weighted by molar-refractivity contribution is -0.110. The van der Waals surface area contributed by atoms with Gasteiger partial charge in [0.05, 0.1) is 17.9 Å². The Hall–Kier alpha value is -2.97. The molecule has 0 bridgehead atoms. The van der Waals surface area contributed by atoms with Crippen molar-refractivity contribution in [3.8, 4) is 0 Å². The first kappa shape index (κ1) is 20.3. The van der Waals surface area contributed by atoms with Crippen LogP contribution in [0.1, 0.15) is 5.56 Å². The van der Waals surface area contributed by atoms with E-state index in [0.29, 0.717) is 34.8 Å². The average molecular weight is 414 g/mol. The molecule has 0 radical (unpaired) electrons. The van der Waals surface area contributed by atoms with E-state index in [1.807, 2.05) is 4.90 Å². The molecule has 6 nitrogen and oxygen atoms in total. The first-order chi connectivity index (χ1) is 14.5. The molecule has 0 atom stereocenters. The van der Waals surface area contributed by atoms with Crippen LogP contribution in [0.4, 0.5) is 25.8 Å². The number of piperazine rings is 1. The second kappa shape index (κ2) is 8.81. The molecule has 0 unspecified atom stereocenters. The number of fused-ring (bicyclic) bond motifs is 1. The monoisotopic (exact) mass is 414 g/mol. The van der Waals surface area contributed by atoms with E-state index in [-0.39, 0.29) is 11.7 Å². The zero-order valence-corrected chi connectivity index (χ0v) is 16.8. The third-order valence-corrected chi connectivity index (χ3v) is 5.42. The molecule has 4 rings (SSSR count). The Kier molecular flexibility index (Phi) is 5.96. The van der Waals surface area contributed by atoms with Gasteiger partial charge in [-0.15, -0.1) is 0 Å². The maximum absolute atomic E-state index is 14.7. The van der Waals surface area contributed by atoms with Crippen molar-refractivity contribution in [2.24, 2.45) is 0 Å². The number of anilines is 3. The lowest BCUT2D eigenvalue weighted by Crippen LogP contribution is -2.47. The number of carbonyl (C=O) groups excluding carboxylic acids is 1. The Morgan fingerprint density at radius 2 is 1.93 bits per heavy atom. The van der Waals surface area contributed by atoms with Crippen molar-refractivity contribution in [3.05, 3.63) is 59.8 Å². The minimum absolute atomic E-state index is 0.307. The smallest absolute Gasteiger partial charge is 0.257 e. The van der Waals surface area contributed by atoms with Gasteiger partial charge in [-0.3, -0.25) is 9.69 Å². The molecule has 1 amide bonds. The summed E-state index contributed by atoms with van der Waals surface area (Å²) in [6.45, 7) is 4.80. The number of hydrogen-bond acceptors (Lipinski definition) is 5. The summed E-state index contributed by atoms with van der Waals surface area (Å²) in [5, 5.41) is 5.64. The van der Waals surface area contributed by atoms with E-state index in [4.69, 9.17) is 4.74 Å². The fourth-order valence-electron chi connectivity index (χ4n) is 3.74. The van der Waals surface area contributed by atoms with Crippen LogP contribution in [-0.4, -0.2) is 57.2 Å². The predicted molar refractivity (Wildman–Crippen MR) is 114 cm³/mol. The third-order valence-electron chi connectivity index (χ3n) is 5.42. The number of nitrogens with one attached hydrogen (secondary N) is 2. The van der Waals surface area contributed by atoms with Crippen LogP contribution >= 0.6 is 0 Å². The zero-order chi connectivity index (χ0) is 21.1. The highest BCUT2D eigenvalue weighted by atomic mass is 19.1. The van der Waals surface area contributed by atoms with Crippen molar-refractivity contribution in [2.45, 2.75) is 0 Å². The lowest BCUT2D eigenvalue weighted by Gasteiger charge is -2.36. The zero-order valence-electron chi connectivity index (χ0n) is 16.8. The van der Waals surface area contributed by atoms with Crippen molar-refractivity contribution in [1.29, 1.82) is 0 Å². The van der Waals surface area contributed by atoms with E-state index in [1.54, 1.807) is 19.2 Å². The molecule has 2 aromatic rings. The highest BCUT2D eigenvalue weighted by Crippen LogP contribution is 2.32. The average Bonchev–Trinajstić information content (AvgIpc) is 3.05. The number of methoxy groups -OCH3 is 1. The summed E-state index contributed by atoms with van der Waals surface area (Å²) in [7, 11) is 1.69. The molecule has 2 aliphatic heterocycles. The van der Waals surface area contributed by atoms with Gasteiger partial charge in [-0.05, 0) is 36.4 Å². The quantitative estimate of drug-likeness (QED) is 0.712. The van der Waals surface area contributed by atoms with Gasteiger partial charge in [-0.2, -0.15) is 0 Å². The van der Waals surface area contributed by atoms with Crippen molar-refractivity contribution < 1.29 is 18.3 Å². The molecular formula is C22H24F2N4O2. The number of halogens is 2. The summed E-state index contributed by atoms with van der Waals surface area (Å²) < 4.78 is 33.4. The second-order valence-electron chi connectivity index (χ2n) is 7.33. The van der Waals surface area contributed by atoms with E-state index in [1.165, 1.54) is 30.5 Å². The van der Waals surface area contributed by atoms with Gasteiger partial charge in [-0.1, -0.05) is 0 Å². The van der Waals surface area contributed by atoms with Crippen LogP contribution in [0.5, 0.6) is 0 Å². The Morgan fingerprint density at radius 1 is 1.13 bits per heavy atom. The molecule has 158 valence electrons. The first-order valence-corrected chi connectivity index (χ1v) is 9.89. The Balaban J connectivity index is 1.43. The predicted octanol–water partition coefficient (Wildman–Crippen LogP) is 3.14. The number of benzene rings is 2. The van der Waals surface area contributed by atoms with Gasteiger partial charge in [0.1, 0.15) is 11.6 Å². The van der Waals surface area contributed by atoms with Gasteiger partial charge >= 0.3 is 0 Å². The Morgan fingerprint density at radius 3 is 2.67 bits per heavy atom. The van der Waals surface area contributed by atoms with Crippen LogP contribution in [0.15, 0.2) is 42.6 Å². The SMILES string of the molecule is COCCN1CCN(c2ccc(N/C=C3/C(=O)Nc4ccc(F)cc43)cc2F)CC1. The minimum atomic E-state index is -0.422. The lowest BCUT2D eigenvalue weighted by atomic mass is 10.1. The Labute approximate surface area is 174 Å². The van der Waals surface area contributed by atoms with Crippen LogP contribution in [0.2, 0.25) is 0 Å². The summed E-state index contributed by atoms with van der Waals surface area (Å²) >= 11 is 0. The summed E-state index contributed by atoms with van der Waals surface area (Å²) in [6.07, 6.45) is 1.48. The van der Waals surface area contributed by atoms with Crippen LogP contribution in [0.25, 0.3) is 5.57 Å². The molecule has 2 aliphatic rings. The Bertz CT molecular complexity index is 972. The van der Waals surface area contributed by atoms with E-state index < -0.39 is 5.82 Å². The molecule has 2 heterocycles. The summed E-state index contributed by atoms with van der Waals surface area (Å²) in [5.74, 6) is -1.08. The number of carbonyl (C=O) groups is 1. The van der Waals surface area contributed by atoms with Gasteiger partial charge in [0, 0.05) is 63.0 Å². The number of hydrogen-bond donors (Lipinski definition) is 2. The van der Waals surface area contributed by atoms with E-state index in [9.17, 15) is 13.6 Å². The van der Waals surface area contributed by atoms with E-state index in [0.717, 1.165) is 32.7 Å². The van der Waals surface area contributed by atoms with E-state index >= 15 is 0 Å². The first-order valence-electron chi connectivity index (χ1n) is 9.89. The number of nitrogens with zero attached hydrogens (tertiary/aromatic N) is 2. The molecule has 0 spiro atoms. The second-order valence-corrected chi connectivity index (χ2v) is 7.33. The van der Waals surface area contributed by atoms with Gasteiger partial charge in [0.25, 0.3) is 5.91 Å². The van der Waals surface area contributed by atoms with E-state index in [2.05, 4.69) is 15.5 Å². The molecule has 0 saturated carbocycles. The molecule has 8 heteroatoms. The van der Waals surface area contributed by atoms with Crippen LogP contribution in [0.3, 0.4) is 0 Å². The van der Waals surface area contributed by atoms with Crippen LogP contribution in [-0.2, 0) is 9.53 Å². The van der Waals surface area contributed by atoms with Gasteiger partial charge < -0.3 is 20.3 Å². The fourth-order valence-corrected chi connectivity index (χ4v) is 3.74. The van der Waals surface area contributed by atoms with Gasteiger partial charge in [-0.25, -0.2) is 8.78 Å². The maximum atomic E-state index is 14.7. The summed E-state index contributed by atoms with van der Waals surface area (Å²) in [5.41, 5.74) is 2.42. The van der Waals surface area contributed by atoms with Crippen molar-refractivity contribution in [3.63, 3.8) is 0 Å². The summed E-state index contributed by atoms with van der Waals surface area (Å²) in [4.78, 5) is 16.5. The maximum Gasteiger partial charge on any atom is 0.257 e. The summed E-state index contributed by atoms with van der Waals surface area (Å²) in [6, 6.07) is 9.03. The normalized spacial score (nSPS) is 17.9. The number of rotatable bonds is 6. The van der Waals surface area contributed by atoms with Crippen LogP contribution < -0.4 is 15.5 Å².